The highest BCUT2D eigenvalue weighted by Gasteiger charge is 2.17. The fraction of sp³-hybridized carbons (Fsp3) is 0.143. The Kier molecular flexibility index (Phi) is 5.40. The molecule has 2 aromatic rings. The summed E-state index contributed by atoms with van der Waals surface area (Å²) in [5.74, 6) is 0.792. The molecule has 0 N–H and O–H groups in total. The second-order valence-electron chi connectivity index (χ2n) is 3.92. The maximum absolute atomic E-state index is 6.58. The monoisotopic (exact) mass is 470 g/mol. The Morgan fingerprint density at radius 3 is 2.53 bits per heavy atom. The topological polar surface area (TPSA) is 9.23 Å². The molecular formula is C14H10BrCl2IO. The molecule has 0 saturated carbocycles. The van der Waals surface area contributed by atoms with Gasteiger partial charge in [0, 0.05) is 13.1 Å². The molecule has 0 bridgehead atoms. The van der Waals surface area contributed by atoms with Crippen molar-refractivity contribution in [2.24, 2.45) is 0 Å². The first-order valence-corrected chi connectivity index (χ1v) is 8.14. The predicted molar refractivity (Wildman–Crippen MR) is 92.6 cm³/mol. The summed E-state index contributed by atoms with van der Waals surface area (Å²) in [7, 11) is 1.64. The quantitative estimate of drug-likeness (QED) is 0.391. The Bertz CT molecular complexity index is 604. The smallest absolute Gasteiger partial charge is 0.120 e. The molecular weight excluding hydrogens is 462 g/mol. The Labute approximate surface area is 144 Å². The Morgan fingerprint density at radius 2 is 1.89 bits per heavy atom. The minimum atomic E-state index is -0.258. The summed E-state index contributed by atoms with van der Waals surface area (Å²) in [6.45, 7) is 0. The first kappa shape index (κ1) is 15.4. The lowest BCUT2D eigenvalue weighted by molar-refractivity contribution is 0.414. The van der Waals surface area contributed by atoms with E-state index in [1.54, 1.807) is 7.11 Å². The van der Waals surface area contributed by atoms with E-state index in [1.165, 1.54) is 0 Å². The third kappa shape index (κ3) is 3.57. The first-order chi connectivity index (χ1) is 9.02. The molecule has 0 radical (unpaired) electrons. The highest BCUT2D eigenvalue weighted by atomic mass is 127. The van der Waals surface area contributed by atoms with Crippen LogP contribution in [0, 0.1) is 3.57 Å². The standard InChI is InChI=1S/C14H10BrCl2IO/c1-19-9-3-4-10(12(15)7-9)14(17)11-6-8(16)2-5-13(11)18/h2-7,14H,1H3. The van der Waals surface area contributed by atoms with Gasteiger partial charge in [-0.25, -0.2) is 0 Å². The van der Waals surface area contributed by atoms with Gasteiger partial charge in [0.2, 0.25) is 0 Å². The van der Waals surface area contributed by atoms with Crippen molar-refractivity contribution in [1.82, 2.24) is 0 Å². The van der Waals surface area contributed by atoms with Gasteiger partial charge in [0.1, 0.15) is 5.75 Å². The van der Waals surface area contributed by atoms with E-state index in [0.29, 0.717) is 5.02 Å². The van der Waals surface area contributed by atoms with Crippen molar-refractivity contribution < 1.29 is 4.74 Å². The second-order valence-corrected chi connectivity index (χ2v) is 6.81. The maximum Gasteiger partial charge on any atom is 0.120 e. The molecule has 2 aromatic carbocycles. The third-order valence-electron chi connectivity index (χ3n) is 2.71. The third-order valence-corrected chi connectivity index (χ3v) is 5.09. The number of hydrogen-bond acceptors (Lipinski definition) is 1. The van der Waals surface area contributed by atoms with Gasteiger partial charge in [0.25, 0.3) is 0 Å². The van der Waals surface area contributed by atoms with Crippen LogP contribution >= 0.6 is 61.7 Å². The maximum atomic E-state index is 6.58. The van der Waals surface area contributed by atoms with E-state index in [2.05, 4.69) is 38.5 Å². The molecule has 0 aliphatic carbocycles. The lowest BCUT2D eigenvalue weighted by Crippen LogP contribution is -1.98. The van der Waals surface area contributed by atoms with Gasteiger partial charge in [-0.3, -0.25) is 0 Å². The van der Waals surface area contributed by atoms with Crippen LogP contribution < -0.4 is 4.74 Å². The SMILES string of the molecule is COc1ccc(C(Cl)c2cc(Cl)ccc2I)c(Br)c1. The molecule has 0 saturated heterocycles. The van der Waals surface area contributed by atoms with Crippen molar-refractivity contribution in [1.29, 1.82) is 0 Å². The van der Waals surface area contributed by atoms with Gasteiger partial charge >= 0.3 is 0 Å². The fourth-order valence-electron chi connectivity index (χ4n) is 1.72. The van der Waals surface area contributed by atoms with Gasteiger partial charge in [0.15, 0.2) is 0 Å². The highest BCUT2D eigenvalue weighted by molar-refractivity contribution is 14.1. The van der Waals surface area contributed by atoms with Gasteiger partial charge in [0.05, 0.1) is 12.5 Å². The largest absolute Gasteiger partial charge is 0.497 e. The average Bonchev–Trinajstić information content (AvgIpc) is 2.40. The number of halogens is 4. The molecule has 1 atom stereocenters. The molecule has 0 spiro atoms. The summed E-state index contributed by atoms with van der Waals surface area (Å²) in [6.07, 6.45) is 0. The van der Waals surface area contributed by atoms with Crippen LogP contribution in [-0.2, 0) is 0 Å². The van der Waals surface area contributed by atoms with E-state index in [4.69, 9.17) is 27.9 Å². The van der Waals surface area contributed by atoms with Crippen LogP contribution in [-0.4, -0.2) is 7.11 Å². The second kappa shape index (κ2) is 6.66. The molecule has 0 heterocycles. The molecule has 19 heavy (non-hydrogen) atoms. The predicted octanol–water partition coefficient (Wildman–Crippen LogP) is 6.04. The lowest BCUT2D eigenvalue weighted by Gasteiger charge is -2.15. The molecule has 0 aromatic heterocycles. The zero-order chi connectivity index (χ0) is 14.0. The first-order valence-electron chi connectivity index (χ1n) is 5.45. The molecule has 0 aliphatic heterocycles. The van der Waals surface area contributed by atoms with Gasteiger partial charge in [-0.1, -0.05) is 33.6 Å². The molecule has 1 nitrogen and oxygen atoms in total. The van der Waals surface area contributed by atoms with Gasteiger partial charge in [-0.05, 0) is 64.0 Å². The van der Waals surface area contributed by atoms with E-state index < -0.39 is 0 Å². The fourth-order valence-corrected chi connectivity index (χ4v) is 3.82. The van der Waals surface area contributed by atoms with Crippen molar-refractivity contribution in [2.75, 3.05) is 7.11 Å². The van der Waals surface area contributed by atoms with Crippen molar-refractivity contribution >= 4 is 61.7 Å². The highest BCUT2D eigenvalue weighted by Crippen LogP contribution is 2.38. The van der Waals surface area contributed by atoms with Crippen LogP contribution in [0.15, 0.2) is 40.9 Å². The molecule has 0 amide bonds. The average molecular weight is 472 g/mol. The summed E-state index contributed by atoms with van der Waals surface area (Å²) in [4.78, 5) is 0. The number of ether oxygens (including phenoxy) is 1. The summed E-state index contributed by atoms with van der Waals surface area (Å²) >= 11 is 18.4. The number of hydrogen-bond donors (Lipinski definition) is 0. The van der Waals surface area contributed by atoms with E-state index in [0.717, 1.165) is 24.9 Å². The Morgan fingerprint density at radius 1 is 1.16 bits per heavy atom. The number of methoxy groups -OCH3 is 1. The summed E-state index contributed by atoms with van der Waals surface area (Å²) < 4.78 is 7.19. The minimum absolute atomic E-state index is 0.258. The van der Waals surface area contributed by atoms with Crippen LogP contribution in [0.25, 0.3) is 0 Å². The number of rotatable bonds is 3. The van der Waals surface area contributed by atoms with Gasteiger partial charge in [-0.2, -0.15) is 0 Å². The van der Waals surface area contributed by atoms with E-state index in [-0.39, 0.29) is 5.38 Å². The van der Waals surface area contributed by atoms with Crippen LogP contribution in [0.2, 0.25) is 5.02 Å². The molecule has 100 valence electrons. The minimum Gasteiger partial charge on any atom is -0.497 e. The lowest BCUT2D eigenvalue weighted by atomic mass is 10.0. The summed E-state index contributed by atoms with van der Waals surface area (Å²) in [6, 6.07) is 11.5. The van der Waals surface area contributed by atoms with Gasteiger partial charge < -0.3 is 4.74 Å². The van der Waals surface area contributed by atoms with Crippen LogP contribution in [0.5, 0.6) is 5.75 Å². The zero-order valence-corrected chi connectivity index (χ0v) is 15.2. The summed E-state index contributed by atoms with van der Waals surface area (Å²) in [5, 5.41) is 0.427. The van der Waals surface area contributed by atoms with E-state index >= 15 is 0 Å². The molecule has 1 unspecified atom stereocenters. The van der Waals surface area contributed by atoms with Gasteiger partial charge in [-0.15, -0.1) is 11.6 Å². The molecule has 0 fully saturated rings. The van der Waals surface area contributed by atoms with Crippen molar-refractivity contribution in [2.45, 2.75) is 5.38 Å². The van der Waals surface area contributed by atoms with Crippen molar-refractivity contribution in [3.63, 3.8) is 0 Å². The molecule has 0 aliphatic rings. The van der Waals surface area contributed by atoms with E-state index in [9.17, 15) is 0 Å². The summed E-state index contributed by atoms with van der Waals surface area (Å²) in [5.41, 5.74) is 1.99. The van der Waals surface area contributed by atoms with Crippen LogP contribution in [0.4, 0.5) is 0 Å². The molecule has 2 rings (SSSR count). The zero-order valence-electron chi connectivity index (χ0n) is 9.96. The number of alkyl halides is 1. The number of benzene rings is 2. The van der Waals surface area contributed by atoms with Crippen molar-refractivity contribution in [3.05, 3.63) is 60.6 Å². The van der Waals surface area contributed by atoms with Crippen molar-refractivity contribution in [3.8, 4) is 5.75 Å². The van der Waals surface area contributed by atoms with Crippen LogP contribution in [0.3, 0.4) is 0 Å². The van der Waals surface area contributed by atoms with E-state index in [1.807, 2.05) is 36.4 Å². The Hall–Kier alpha value is 0.0300. The normalized spacial score (nSPS) is 12.3. The Balaban J connectivity index is 2.43. The van der Waals surface area contributed by atoms with Crippen LogP contribution in [0.1, 0.15) is 16.5 Å². The molecule has 5 heteroatoms.